The van der Waals surface area contributed by atoms with Crippen molar-refractivity contribution < 1.29 is 26.3 Å². The van der Waals surface area contributed by atoms with E-state index in [9.17, 15) is 4.79 Å². The van der Waals surface area contributed by atoms with Gasteiger partial charge in [-0.05, 0) is 17.9 Å². The quantitative estimate of drug-likeness (QED) is 0.449. The Labute approximate surface area is 171 Å². The Balaban J connectivity index is 0.00000210. The van der Waals surface area contributed by atoms with Crippen LogP contribution >= 0.6 is 0 Å². The fourth-order valence-electron chi connectivity index (χ4n) is 3.79. The van der Waals surface area contributed by atoms with Crippen LogP contribution in [-0.4, -0.2) is 10.4 Å². The minimum atomic E-state index is 0. The van der Waals surface area contributed by atoms with E-state index >= 15 is 0 Å². The van der Waals surface area contributed by atoms with Gasteiger partial charge in [-0.2, -0.15) is 0 Å². The highest BCUT2D eigenvalue weighted by Gasteiger charge is 2.29. The van der Waals surface area contributed by atoms with Crippen molar-refractivity contribution in [1.82, 2.24) is 4.57 Å². The molecule has 0 radical (unpaired) electrons. The van der Waals surface area contributed by atoms with E-state index in [0.717, 1.165) is 24.9 Å². The van der Waals surface area contributed by atoms with Crippen LogP contribution in [0.4, 0.5) is 0 Å². The second-order valence-corrected chi connectivity index (χ2v) is 7.38. The average Bonchev–Trinajstić information content (AvgIpc) is 3.26. The SMILES string of the molecule is CC(C)c1ccc(C(=O)C[n+]2cc(-c3ccccc3)n3c2CCC3)cc1.[Br-]. The summed E-state index contributed by atoms with van der Waals surface area (Å²) in [4.78, 5) is 12.8. The van der Waals surface area contributed by atoms with E-state index < -0.39 is 0 Å². The molecule has 0 atom stereocenters. The van der Waals surface area contributed by atoms with Crippen LogP contribution in [-0.2, 0) is 19.5 Å². The lowest BCUT2D eigenvalue weighted by molar-refractivity contribution is -0.689. The number of ketones is 1. The van der Waals surface area contributed by atoms with Crippen LogP contribution in [0.25, 0.3) is 11.3 Å². The fraction of sp³-hybridized carbons (Fsp3) is 0.304. The molecule has 0 fully saturated rings. The summed E-state index contributed by atoms with van der Waals surface area (Å²) in [5, 5.41) is 0. The standard InChI is InChI=1S/C23H25N2O.BrH/c1-17(2)18-10-12-20(13-11-18)22(26)16-24-15-21(19-7-4-3-5-8-19)25-14-6-9-23(24)25;/h3-5,7-8,10-13,15,17H,6,9,14,16H2,1-2H3;1H/q+1;/p-1. The Morgan fingerprint density at radius 3 is 2.44 bits per heavy atom. The van der Waals surface area contributed by atoms with Gasteiger partial charge in [0.25, 0.3) is 5.82 Å². The van der Waals surface area contributed by atoms with Crippen molar-refractivity contribution in [1.29, 1.82) is 0 Å². The number of hydrogen-bond acceptors (Lipinski definition) is 1. The molecule has 27 heavy (non-hydrogen) atoms. The van der Waals surface area contributed by atoms with Gasteiger partial charge in [-0.25, -0.2) is 9.13 Å². The molecule has 0 amide bonds. The summed E-state index contributed by atoms with van der Waals surface area (Å²) in [5.41, 5.74) is 4.48. The first-order chi connectivity index (χ1) is 12.6. The summed E-state index contributed by atoms with van der Waals surface area (Å²) in [5.74, 6) is 1.91. The molecule has 1 aliphatic heterocycles. The minimum absolute atomic E-state index is 0. The second kappa shape index (κ2) is 8.22. The minimum Gasteiger partial charge on any atom is -1.00 e. The lowest BCUT2D eigenvalue weighted by atomic mass is 10.0. The van der Waals surface area contributed by atoms with Crippen molar-refractivity contribution in [3.63, 3.8) is 0 Å². The van der Waals surface area contributed by atoms with E-state index in [1.165, 1.54) is 22.6 Å². The third-order valence-corrected chi connectivity index (χ3v) is 5.28. The molecule has 2 heterocycles. The topological polar surface area (TPSA) is 25.9 Å². The Bertz CT molecular complexity index is 927. The van der Waals surface area contributed by atoms with Crippen molar-refractivity contribution in [2.45, 2.75) is 45.7 Å². The predicted molar refractivity (Wildman–Crippen MR) is 103 cm³/mol. The van der Waals surface area contributed by atoms with E-state index in [1.807, 2.05) is 18.2 Å². The summed E-state index contributed by atoms with van der Waals surface area (Å²) in [7, 11) is 0. The third-order valence-electron chi connectivity index (χ3n) is 5.28. The van der Waals surface area contributed by atoms with Gasteiger partial charge in [0, 0.05) is 11.1 Å². The van der Waals surface area contributed by atoms with Gasteiger partial charge in [0.1, 0.15) is 6.20 Å². The van der Waals surface area contributed by atoms with E-state index in [2.05, 4.69) is 65.6 Å². The molecular weight excluding hydrogens is 400 g/mol. The first-order valence-electron chi connectivity index (χ1n) is 9.44. The number of carbonyl (C=O) groups excluding carboxylic acids is 1. The number of nitrogens with zero attached hydrogens (tertiary/aromatic N) is 2. The normalized spacial score (nSPS) is 12.7. The summed E-state index contributed by atoms with van der Waals surface area (Å²) in [6.07, 6.45) is 4.32. The molecule has 1 aliphatic rings. The lowest BCUT2D eigenvalue weighted by Gasteiger charge is -2.06. The van der Waals surface area contributed by atoms with Gasteiger partial charge < -0.3 is 17.0 Å². The number of imidazole rings is 1. The summed E-state index contributed by atoms with van der Waals surface area (Å²) < 4.78 is 4.51. The second-order valence-electron chi connectivity index (χ2n) is 7.38. The first kappa shape index (κ1) is 19.6. The number of rotatable bonds is 5. The van der Waals surface area contributed by atoms with Crippen molar-refractivity contribution in [2.75, 3.05) is 0 Å². The predicted octanol–water partition coefficient (Wildman–Crippen LogP) is 1.40. The number of halogens is 1. The zero-order valence-electron chi connectivity index (χ0n) is 15.9. The molecule has 0 aliphatic carbocycles. The molecule has 0 unspecified atom stereocenters. The molecule has 3 nitrogen and oxygen atoms in total. The van der Waals surface area contributed by atoms with E-state index in [-0.39, 0.29) is 22.8 Å². The zero-order valence-corrected chi connectivity index (χ0v) is 17.4. The molecule has 1 aromatic heterocycles. The number of hydrogen-bond donors (Lipinski definition) is 0. The molecule has 4 heteroatoms. The van der Waals surface area contributed by atoms with E-state index in [1.54, 1.807) is 0 Å². The van der Waals surface area contributed by atoms with Crippen LogP contribution in [0.5, 0.6) is 0 Å². The van der Waals surface area contributed by atoms with Crippen LogP contribution in [0.15, 0.2) is 60.8 Å². The number of carbonyl (C=O) groups is 1. The van der Waals surface area contributed by atoms with Gasteiger partial charge in [0.05, 0.1) is 13.0 Å². The van der Waals surface area contributed by atoms with Crippen molar-refractivity contribution in [2.24, 2.45) is 0 Å². The molecule has 3 aromatic rings. The van der Waals surface area contributed by atoms with Crippen LogP contribution in [0, 0.1) is 0 Å². The van der Waals surface area contributed by atoms with Crippen molar-refractivity contribution in [3.8, 4) is 11.3 Å². The van der Waals surface area contributed by atoms with Crippen molar-refractivity contribution >= 4 is 5.78 Å². The monoisotopic (exact) mass is 424 g/mol. The van der Waals surface area contributed by atoms with E-state index in [4.69, 9.17) is 0 Å². The first-order valence-corrected chi connectivity index (χ1v) is 9.44. The highest BCUT2D eigenvalue weighted by atomic mass is 79.9. The summed E-state index contributed by atoms with van der Waals surface area (Å²) in [6.45, 7) is 5.78. The smallest absolute Gasteiger partial charge is 0.257 e. The maximum absolute atomic E-state index is 12.8. The Morgan fingerprint density at radius 2 is 1.78 bits per heavy atom. The lowest BCUT2D eigenvalue weighted by Crippen LogP contribution is -3.00. The van der Waals surface area contributed by atoms with E-state index in [0.29, 0.717) is 12.5 Å². The number of Topliss-reactive ketones (excluding diaryl/α,β-unsaturated/α-hetero) is 1. The number of aromatic nitrogens is 2. The molecule has 0 saturated carbocycles. The number of benzene rings is 2. The maximum atomic E-state index is 12.8. The van der Waals surface area contributed by atoms with Gasteiger partial charge >= 0.3 is 0 Å². The molecular formula is C23H25BrN2O. The van der Waals surface area contributed by atoms with Crippen LogP contribution in [0.2, 0.25) is 0 Å². The Kier molecular flexibility index (Phi) is 5.95. The Morgan fingerprint density at radius 1 is 1.07 bits per heavy atom. The van der Waals surface area contributed by atoms with Gasteiger partial charge in [0.2, 0.25) is 5.78 Å². The van der Waals surface area contributed by atoms with Gasteiger partial charge in [-0.1, -0.05) is 68.4 Å². The summed E-state index contributed by atoms with van der Waals surface area (Å²) in [6, 6.07) is 18.5. The van der Waals surface area contributed by atoms with Gasteiger partial charge in [0.15, 0.2) is 12.2 Å². The summed E-state index contributed by atoms with van der Waals surface area (Å²) >= 11 is 0. The Hall–Kier alpha value is -2.20. The van der Waals surface area contributed by atoms with Crippen molar-refractivity contribution in [3.05, 3.63) is 77.7 Å². The maximum Gasteiger partial charge on any atom is 0.257 e. The molecule has 0 N–H and O–H groups in total. The van der Waals surface area contributed by atoms with Gasteiger partial charge in [-0.3, -0.25) is 4.79 Å². The van der Waals surface area contributed by atoms with Crippen LogP contribution in [0.1, 0.15) is 47.9 Å². The van der Waals surface area contributed by atoms with Crippen LogP contribution in [0.3, 0.4) is 0 Å². The largest absolute Gasteiger partial charge is 1.00 e. The average molecular weight is 425 g/mol. The molecule has 4 rings (SSSR count). The molecule has 0 saturated heterocycles. The highest BCUT2D eigenvalue weighted by Crippen LogP contribution is 2.24. The zero-order chi connectivity index (χ0) is 18.1. The third kappa shape index (κ3) is 3.91. The number of fused-ring (bicyclic) bond motifs is 1. The molecule has 0 spiro atoms. The van der Waals surface area contributed by atoms with Gasteiger partial charge in [-0.15, -0.1) is 0 Å². The molecule has 140 valence electrons. The van der Waals surface area contributed by atoms with Crippen LogP contribution < -0.4 is 21.5 Å². The fourth-order valence-corrected chi connectivity index (χ4v) is 3.79. The molecule has 0 bridgehead atoms. The highest BCUT2D eigenvalue weighted by molar-refractivity contribution is 5.95. The molecule has 2 aromatic carbocycles.